The van der Waals surface area contributed by atoms with E-state index in [1.165, 1.54) is 27.3 Å². The molecule has 0 unspecified atom stereocenters. The number of hydrogen-bond acceptors (Lipinski definition) is 7. The average Bonchev–Trinajstić information content (AvgIpc) is 3.46. The van der Waals surface area contributed by atoms with E-state index in [9.17, 15) is 19.2 Å². The largest absolute Gasteiger partial charge is 0.372 e. The fraction of sp³-hybridized carbons (Fsp3) is 0.273. The van der Waals surface area contributed by atoms with Crippen LogP contribution >= 0.6 is 46.3 Å². The van der Waals surface area contributed by atoms with Crippen molar-refractivity contribution in [3.05, 3.63) is 102 Å². The molecule has 8 nitrogen and oxygen atoms in total. The van der Waals surface area contributed by atoms with Crippen molar-refractivity contribution in [2.75, 3.05) is 28.2 Å². The summed E-state index contributed by atoms with van der Waals surface area (Å²) in [7, 11) is 0. The molecule has 2 aliphatic heterocycles. The molecule has 3 amide bonds. The molecule has 2 aliphatic rings. The minimum Gasteiger partial charge on any atom is -0.372 e. The van der Waals surface area contributed by atoms with Gasteiger partial charge in [0.1, 0.15) is 11.8 Å². The number of aryl methyl sites for hydroxylation is 1. The average molecular weight is 682 g/mol. The molecule has 1 fully saturated rings. The van der Waals surface area contributed by atoms with Crippen molar-refractivity contribution in [3.63, 3.8) is 0 Å². The van der Waals surface area contributed by atoms with Crippen LogP contribution in [0, 0.1) is 12.8 Å². The molecule has 232 valence electrons. The number of benzene rings is 3. The van der Waals surface area contributed by atoms with Gasteiger partial charge in [0, 0.05) is 35.3 Å². The second-order valence-electron chi connectivity index (χ2n) is 11.0. The third-order valence-corrected chi connectivity index (χ3v) is 11.6. The van der Waals surface area contributed by atoms with Crippen molar-refractivity contribution in [2.45, 2.75) is 43.5 Å². The number of thiazole rings is 1. The van der Waals surface area contributed by atoms with E-state index in [2.05, 4.69) is 24.1 Å². The zero-order valence-electron chi connectivity index (χ0n) is 24.8. The molecule has 12 heteroatoms. The Labute approximate surface area is 278 Å². The predicted molar refractivity (Wildman–Crippen MR) is 182 cm³/mol. The monoisotopic (exact) mass is 680 g/mol. The summed E-state index contributed by atoms with van der Waals surface area (Å²) in [6.07, 6.45) is 0. The number of aromatic nitrogens is 1. The van der Waals surface area contributed by atoms with Crippen LogP contribution in [0.5, 0.6) is 0 Å². The van der Waals surface area contributed by atoms with Crippen LogP contribution in [0.15, 0.2) is 76.6 Å². The first-order chi connectivity index (χ1) is 21.6. The predicted octanol–water partition coefficient (Wildman–Crippen LogP) is 6.81. The Morgan fingerprint density at radius 2 is 1.60 bits per heavy atom. The molecule has 1 aromatic heterocycles. The van der Waals surface area contributed by atoms with Crippen LogP contribution < -0.4 is 20.0 Å². The van der Waals surface area contributed by atoms with Gasteiger partial charge in [-0.25, -0.2) is 4.90 Å². The molecule has 3 aromatic carbocycles. The highest BCUT2D eigenvalue weighted by Gasteiger charge is 2.56. The maximum absolute atomic E-state index is 14.1. The number of hydrogen-bond donors (Lipinski definition) is 1. The molecule has 0 spiro atoms. The molecule has 45 heavy (non-hydrogen) atoms. The van der Waals surface area contributed by atoms with E-state index in [0.717, 1.165) is 41.2 Å². The maximum atomic E-state index is 14.1. The maximum Gasteiger partial charge on any atom is 0.308 e. The molecule has 0 saturated carbocycles. The highest BCUT2D eigenvalue weighted by atomic mass is 35.5. The van der Waals surface area contributed by atoms with Crippen LogP contribution in [0.2, 0.25) is 10.0 Å². The smallest absolute Gasteiger partial charge is 0.308 e. The number of fused-ring (bicyclic) bond motifs is 2. The van der Waals surface area contributed by atoms with E-state index >= 15 is 0 Å². The molecular weight excluding hydrogens is 651 g/mol. The third kappa shape index (κ3) is 5.80. The topological polar surface area (TPSA) is 91.7 Å². The lowest BCUT2D eigenvalue weighted by molar-refractivity contribution is -0.122. The van der Waals surface area contributed by atoms with Crippen molar-refractivity contribution in [3.8, 4) is 0 Å². The van der Waals surface area contributed by atoms with E-state index in [-0.39, 0.29) is 23.2 Å². The van der Waals surface area contributed by atoms with Crippen LogP contribution in [0.1, 0.15) is 35.8 Å². The molecule has 3 atom stereocenters. The minimum absolute atomic E-state index is 0.271. The van der Waals surface area contributed by atoms with Crippen LogP contribution in [0.4, 0.5) is 17.1 Å². The number of amides is 3. The summed E-state index contributed by atoms with van der Waals surface area (Å²) in [6.45, 7) is 7.54. The van der Waals surface area contributed by atoms with Crippen LogP contribution in [-0.2, 0) is 20.9 Å². The highest BCUT2D eigenvalue weighted by molar-refractivity contribution is 8.00. The van der Waals surface area contributed by atoms with E-state index in [4.69, 9.17) is 23.2 Å². The Bertz CT molecular complexity index is 1850. The fourth-order valence-corrected chi connectivity index (χ4v) is 9.03. The summed E-state index contributed by atoms with van der Waals surface area (Å²) in [5.41, 5.74) is 3.86. The number of rotatable bonds is 8. The number of nitrogens with zero attached hydrogens (tertiary/aromatic N) is 3. The van der Waals surface area contributed by atoms with E-state index in [1.807, 2.05) is 43.3 Å². The second kappa shape index (κ2) is 12.7. The van der Waals surface area contributed by atoms with Crippen molar-refractivity contribution in [1.29, 1.82) is 0 Å². The summed E-state index contributed by atoms with van der Waals surface area (Å²) in [5, 5.41) is 3.18. The highest BCUT2D eigenvalue weighted by Crippen LogP contribution is 2.54. The van der Waals surface area contributed by atoms with E-state index in [0.29, 0.717) is 31.3 Å². The van der Waals surface area contributed by atoms with Gasteiger partial charge in [0.2, 0.25) is 17.7 Å². The first-order valence-electron chi connectivity index (χ1n) is 14.6. The van der Waals surface area contributed by atoms with Crippen molar-refractivity contribution in [2.24, 2.45) is 5.92 Å². The van der Waals surface area contributed by atoms with Crippen LogP contribution in [-0.4, -0.2) is 40.6 Å². The van der Waals surface area contributed by atoms with Gasteiger partial charge in [-0.15, -0.1) is 0 Å². The SMILES string of the molecule is CCN(CC)c1ccc([C@@H]2c3sc(=O)n(CC(=O)Nc4ccc(Cl)c(Cl)c4)c3S[C@H]3C(=O)N(c4ccc(C)cc4)C(=O)[C@@H]23)cc1. The van der Waals surface area contributed by atoms with Crippen molar-refractivity contribution >= 4 is 81.1 Å². The summed E-state index contributed by atoms with van der Waals surface area (Å²) in [4.78, 5) is 58.6. The Morgan fingerprint density at radius 1 is 0.911 bits per heavy atom. The summed E-state index contributed by atoms with van der Waals surface area (Å²) in [6, 6.07) is 20.0. The molecule has 0 aliphatic carbocycles. The summed E-state index contributed by atoms with van der Waals surface area (Å²) in [5.74, 6) is -2.32. The zero-order valence-corrected chi connectivity index (χ0v) is 27.9. The Morgan fingerprint density at radius 3 is 2.24 bits per heavy atom. The van der Waals surface area contributed by atoms with Gasteiger partial charge in [0.05, 0.1) is 26.7 Å². The minimum atomic E-state index is -0.767. The number of halogens is 2. The molecule has 4 aromatic rings. The number of nitrogens with one attached hydrogen (secondary N) is 1. The van der Waals surface area contributed by atoms with Gasteiger partial charge in [-0.2, -0.15) is 0 Å². The Balaban J connectivity index is 1.40. The second-order valence-corrected chi connectivity index (χ2v) is 13.9. The summed E-state index contributed by atoms with van der Waals surface area (Å²) < 4.78 is 1.40. The van der Waals surface area contributed by atoms with Crippen molar-refractivity contribution in [1.82, 2.24) is 4.57 Å². The number of carbonyl (C=O) groups excluding carboxylic acids is 3. The molecule has 3 heterocycles. The number of imide groups is 1. The Hall–Kier alpha value is -3.57. The molecule has 0 radical (unpaired) electrons. The van der Waals surface area contributed by atoms with Gasteiger partial charge in [0.25, 0.3) is 0 Å². The van der Waals surface area contributed by atoms with E-state index in [1.54, 1.807) is 24.3 Å². The zero-order chi connectivity index (χ0) is 32.0. The number of thioether (sulfide) groups is 1. The fourth-order valence-electron chi connectivity index (χ4n) is 5.96. The van der Waals surface area contributed by atoms with Gasteiger partial charge in [-0.3, -0.25) is 23.7 Å². The first kappa shape index (κ1) is 31.4. The lowest BCUT2D eigenvalue weighted by Crippen LogP contribution is -2.33. The van der Waals surface area contributed by atoms with Gasteiger partial charge in [-0.05, 0) is 68.8 Å². The van der Waals surface area contributed by atoms with E-state index < -0.39 is 23.0 Å². The number of carbonyl (C=O) groups is 3. The molecule has 0 bridgehead atoms. The lowest BCUT2D eigenvalue weighted by atomic mass is 9.83. The number of anilines is 3. The van der Waals surface area contributed by atoms with Gasteiger partial charge >= 0.3 is 4.87 Å². The van der Waals surface area contributed by atoms with Crippen LogP contribution in [0.25, 0.3) is 0 Å². The molecule has 6 rings (SSSR count). The molecule has 1 saturated heterocycles. The lowest BCUT2D eigenvalue weighted by Gasteiger charge is -2.31. The van der Waals surface area contributed by atoms with Gasteiger partial charge < -0.3 is 10.2 Å². The normalized spacial score (nSPS) is 19.0. The van der Waals surface area contributed by atoms with Gasteiger partial charge in [0.15, 0.2) is 0 Å². The van der Waals surface area contributed by atoms with Crippen molar-refractivity contribution < 1.29 is 14.4 Å². The Kier molecular flexibility index (Phi) is 8.85. The standard InChI is InChI=1S/C33H30Cl2N4O4S2/c1-4-37(5-2)21-13-8-19(9-14-21)26-27-28(31(42)39(30(27)41)22-11-6-18(3)7-12-22)44-32-29(26)45-33(43)38(32)17-25(40)36-20-10-15-23(34)24(35)16-20/h6-16,26-28H,4-5,17H2,1-3H3,(H,36,40)/t26-,27-,28+/m0/s1. The summed E-state index contributed by atoms with van der Waals surface area (Å²) >= 11 is 14.3. The first-order valence-corrected chi connectivity index (χ1v) is 17.0. The quantitative estimate of drug-likeness (QED) is 0.206. The third-order valence-electron chi connectivity index (χ3n) is 8.23. The molecular formula is C33H30Cl2N4O4S2. The van der Waals surface area contributed by atoms with Gasteiger partial charge in [-0.1, -0.05) is 76.1 Å². The molecule has 1 N–H and O–H groups in total. The van der Waals surface area contributed by atoms with Crippen LogP contribution in [0.3, 0.4) is 0 Å².